The Labute approximate surface area is 238 Å². The Morgan fingerprint density at radius 2 is 1.98 bits per heavy atom. The summed E-state index contributed by atoms with van der Waals surface area (Å²) < 4.78 is 22.2. The second-order valence-corrected chi connectivity index (χ2v) is 11.5. The lowest BCUT2D eigenvalue weighted by atomic mass is 9.88. The van der Waals surface area contributed by atoms with Crippen molar-refractivity contribution in [1.29, 1.82) is 0 Å². The minimum Gasteiger partial charge on any atom is -0.457 e. The van der Waals surface area contributed by atoms with Crippen molar-refractivity contribution in [2.45, 2.75) is 116 Å². The monoisotopic (exact) mass is 567 g/mol. The molecule has 0 radical (unpaired) electrons. The van der Waals surface area contributed by atoms with Crippen LogP contribution in [-0.2, 0) is 23.7 Å². The molecule has 10 nitrogen and oxygen atoms in total. The van der Waals surface area contributed by atoms with Crippen molar-refractivity contribution in [2.24, 2.45) is 23.5 Å². The summed E-state index contributed by atoms with van der Waals surface area (Å²) in [6.07, 6.45) is 4.86. The molecule has 0 aromatic carbocycles. The van der Waals surface area contributed by atoms with Gasteiger partial charge in [-0.1, -0.05) is 52.0 Å². The zero-order valence-electron chi connectivity index (χ0n) is 24.9. The smallest absolute Gasteiger partial charge is 0.405 e. The number of carbonyl (C=O) groups is 2. The van der Waals surface area contributed by atoms with Crippen LogP contribution in [0.15, 0.2) is 36.0 Å². The maximum Gasteiger partial charge on any atom is 0.405 e. The fourth-order valence-electron chi connectivity index (χ4n) is 5.27. The van der Waals surface area contributed by atoms with E-state index in [1.54, 1.807) is 13.2 Å². The van der Waals surface area contributed by atoms with Gasteiger partial charge < -0.3 is 40.0 Å². The first-order valence-electron chi connectivity index (χ1n) is 14.2. The topological polar surface area (TPSA) is 161 Å². The molecule has 0 aliphatic carbocycles. The summed E-state index contributed by atoms with van der Waals surface area (Å²) in [5.74, 6) is -0.934. The molecule has 2 heterocycles. The molecule has 11 atom stereocenters. The largest absolute Gasteiger partial charge is 0.457 e. The van der Waals surface area contributed by atoms with E-state index in [0.29, 0.717) is 0 Å². The zero-order chi connectivity index (χ0) is 30.2. The number of aliphatic hydroxyl groups excluding tert-OH is 2. The molecule has 2 aliphatic heterocycles. The third-order valence-corrected chi connectivity index (χ3v) is 8.04. The normalized spacial score (nSPS) is 36.0. The van der Waals surface area contributed by atoms with Crippen molar-refractivity contribution in [3.05, 3.63) is 36.0 Å². The van der Waals surface area contributed by atoms with Crippen LogP contribution in [0, 0.1) is 17.8 Å². The Morgan fingerprint density at radius 3 is 2.58 bits per heavy atom. The molecule has 11 unspecified atom stereocenters. The molecule has 0 saturated carbocycles. The van der Waals surface area contributed by atoms with Gasteiger partial charge in [0.05, 0.1) is 30.8 Å². The van der Waals surface area contributed by atoms with Crippen LogP contribution in [0.2, 0.25) is 0 Å². The highest BCUT2D eigenvalue weighted by molar-refractivity contribution is 5.70. The van der Waals surface area contributed by atoms with Gasteiger partial charge in [0, 0.05) is 24.9 Å². The summed E-state index contributed by atoms with van der Waals surface area (Å²) in [6, 6.07) is 0. The predicted octanol–water partition coefficient (Wildman–Crippen LogP) is 3.18. The number of cyclic esters (lactones) is 1. The molecule has 0 aromatic rings. The van der Waals surface area contributed by atoms with Crippen molar-refractivity contribution in [2.75, 3.05) is 7.11 Å². The second kappa shape index (κ2) is 15.1. The summed E-state index contributed by atoms with van der Waals surface area (Å²) in [5.41, 5.74) is 4.44. The molecule has 2 rings (SSSR count). The van der Waals surface area contributed by atoms with E-state index in [0.717, 1.165) is 12.0 Å². The highest BCUT2D eigenvalue weighted by Crippen LogP contribution is 2.37. The van der Waals surface area contributed by atoms with Gasteiger partial charge in [0.25, 0.3) is 0 Å². The lowest BCUT2D eigenvalue weighted by Crippen LogP contribution is -2.43. The summed E-state index contributed by atoms with van der Waals surface area (Å²) >= 11 is 0. The maximum atomic E-state index is 12.6. The van der Waals surface area contributed by atoms with E-state index >= 15 is 0 Å². The summed E-state index contributed by atoms with van der Waals surface area (Å²) in [5, 5.41) is 32.1. The number of aliphatic hydroxyl groups is 3. The van der Waals surface area contributed by atoms with Crippen LogP contribution in [0.5, 0.6) is 0 Å². The van der Waals surface area contributed by atoms with Gasteiger partial charge in [-0.05, 0) is 44.8 Å². The number of esters is 1. The fraction of sp³-hybridized carbons (Fsp3) is 0.733. The van der Waals surface area contributed by atoms with Crippen LogP contribution in [0.3, 0.4) is 0 Å². The van der Waals surface area contributed by atoms with Gasteiger partial charge in [0.15, 0.2) is 6.10 Å². The number of ether oxygens (including phenoxy) is 4. The number of rotatable bonds is 10. The Hall–Kier alpha value is -2.24. The van der Waals surface area contributed by atoms with Gasteiger partial charge in [-0.2, -0.15) is 0 Å². The average Bonchev–Trinajstić information content (AvgIpc) is 3.68. The summed E-state index contributed by atoms with van der Waals surface area (Å²) in [7, 11) is 1.69. The van der Waals surface area contributed by atoms with Gasteiger partial charge in [-0.25, -0.2) is 4.79 Å². The lowest BCUT2D eigenvalue weighted by Gasteiger charge is -2.32. The van der Waals surface area contributed by atoms with Crippen LogP contribution in [0.1, 0.15) is 67.2 Å². The molecule has 1 amide bonds. The van der Waals surface area contributed by atoms with E-state index < -0.39 is 42.1 Å². The Kier molecular flexibility index (Phi) is 12.8. The van der Waals surface area contributed by atoms with Crippen LogP contribution < -0.4 is 5.73 Å². The third kappa shape index (κ3) is 9.69. The number of epoxide rings is 1. The van der Waals surface area contributed by atoms with Crippen LogP contribution in [-0.4, -0.2) is 82.8 Å². The minimum absolute atomic E-state index is 0.0465. The molecular formula is C30H49NO9. The van der Waals surface area contributed by atoms with Crippen molar-refractivity contribution in [3.63, 3.8) is 0 Å². The Balaban J connectivity index is 2.16. The molecule has 10 heteroatoms. The first-order chi connectivity index (χ1) is 18.7. The van der Waals surface area contributed by atoms with E-state index in [1.807, 2.05) is 39.0 Å². The van der Waals surface area contributed by atoms with E-state index in [1.165, 1.54) is 13.0 Å². The number of hydrogen-bond donors (Lipinski definition) is 4. The molecule has 2 aliphatic rings. The molecule has 1 fully saturated rings. The third-order valence-electron chi connectivity index (χ3n) is 8.04. The number of primary amides is 1. The van der Waals surface area contributed by atoms with E-state index in [4.69, 9.17) is 24.7 Å². The standard InChI is InChI=1S/C30H49NO9/c1-8-22(37-7)20(5)27-28(40-27)25(34)17(2)10-9-11-18(3)26-19(4)12-13-23(38-29(31)35)30(6,36)15-14-21(32)16-24(33)39-26/h9-13,17,19-23,25-28,32,34,36H,8,14-16H2,1-7H3,(H2,31,35)/b10-9+,13-12+,18-11+. The SMILES string of the molecule is CCC(OC)C(C)C1OC1C(O)C(C)/C=C/C=C(\C)C1OC(=O)CC(O)CCC(C)(O)C(OC(N)=O)/C=C/C1C. The van der Waals surface area contributed by atoms with Crippen molar-refractivity contribution < 1.29 is 43.9 Å². The molecule has 1 saturated heterocycles. The average molecular weight is 568 g/mol. The number of allylic oxidation sites excluding steroid dienone is 2. The van der Waals surface area contributed by atoms with Crippen LogP contribution >= 0.6 is 0 Å². The van der Waals surface area contributed by atoms with Gasteiger partial charge in [-0.15, -0.1) is 0 Å². The highest BCUT2D eigenvalue weighted by atomic mass is 16.6. The Bertz CT molecular complexity index is 926. The van der Waals surface area contributed by atoms with E-state index in [2.05, 4.69) is 13.8 Å². The second-order valence-electron chi connectivity index (χ2n) is 11.5. The van der Waals surface area contributed by atoms with Crippen molar-refractivity contribution in [3.8, 4) is 0 Å². The quantitative estimate of drug-likeness (QED) is 0.134. The number of amides is 1. The summed E-state index contributed by atoms with van der Waals surface area (Å²) in [4.78, 5) is 24.1. The number of carbonyl (C=O) groups excluding carboxylic acids is 2. The lowest BCUT2D eigenvalue weighted by molar-refractivity contribution is -0.151. The molecule has 0 bridgehead atoms. The molecule has 0 aromatic heterocycles. The predicted molar refractivity (Wildman–Crippen MR) is 150 cm³/mol. The van der Waals surface area contributed by atoms with Gasteiger partial charge in [0.1, 0.15) is 17.8 Å². The molecule has 228 valence electrons. The zero-order valence-corrected chi connectivity index (χ0v) is 24.9. The first kappa shape index (κ1) is 34.0. The van der Waals surface area contributed by atoms with Crippen LogP contribution in [0.25, 0.3) is 0 Å². The van der Waals surface area contributed by atoms with E-state index in [-0.39, 0.29) is 55.3 Å². The maximum absolute atomic E-state index is 12.6. The van der Waals surface area contributed by atoms with Gasteiger partial charge in [0.2, 0.25) is 0 Å². The molecular weight excluding hydrogens is 518 g/mol. The van der Waals surface area contributed by atoms with E-state index in [9.17, 15) is 24.9 Å². The van der Waals surface area contributed by atoms with Crippen molar-refractivity contribution >= 4 is 12.1 Å². The number of nitrogens with two attached hydrogens (primary N) is 1. The minimum atomic E-state index is -1.50. The molecule has 0 spiro atoms. The highest BCUT2D eigenvalue weighted by Gasteiger charge is 2.50. The number of methoxy groups -OCH3 is 1. The van der Waals surface area contributed by atoms with Gasteiger partial charge in [-0.3, -0.25) is 4.79 Å². The number of hydrogen-bond acceptors (Lipinski definition) is 9. The molecule has 5 N–H and O–H groups in total. The summed E-state index contributed by atoms with van der Waals surface area (Å²) in [6.45, 7) is 11.2. The molecule has 40 heavy (non-hydrogen) atoms. The van der Waals surface area contributed by atoms with Crippen molar-refractivity contribution in [1.82, 2.24) is 0 Å². The first-order valence-corrected chi connectivity index (χ1v) is 14.2. The van der Waals surface area contributed by atoms with Gasteiger partial charge >= 0.3 is 12.1 Å². The van der Waals surface area contributed by atoms with Crippen LogP contribution in [0.4, 0.5) is 4.79 Å². The fourth-order valence-corrected chi connectivity index (χ4v) is 5.27. The Morgan fingerprint density at radius 1 is 1.30 bits per heavy atom.